The maximum atomic E-state index is 12.7. The number of aliphatic hydroxyl groups is 1. The number of nitrogens with two attached hydrogens (primary N) is 1. The summed E-state index contributed by atoms with van der Waals surface area (Å²) in [6, 6.07) is -0.0333. The molecular weight excluding hydrogens is 430 g/mol. The molecule has 0 aromatic rings. The Hall–Kier alpha value is -2.22. The van der Waals surface area contributed by atoms with E-state index in [0.717, 1.165) is 42.7 Å². The number of hydrazine groups is 1. The molecule has 7 heteroatoms. The van der Waals surface area contributed by atoms with Crippen LogP contribution in [0.5, 0.6) is 0 Å². The van der Waals surface area contributed by atoms with Crippen LogP contribution >= 0.6 is 0 Å². The standard InChI is InChI=1S/C27H45N3O4/c1-8-13-22(21(6)31)17-24-19(4)25(29-20(24)5)23(26(32)34-7)14-11-12-15-27(33,10-3)18-30(28)16-9-2/h8,13,17,20,23,29,33H,1,9-12,14-16,18,28H2,2-7H3/b22-13+,24-17-/t20?,23?,27-/m0/s1. The average molecular weight is 476 g/mol. The molecule has 0 fully saturated rings. The highest BCUT2D eigenvalue weighted by Crippen LogP contribution is 2.33. The third-order valence-electron chi connectivity index (χ3n) is 6.58. The number of unbranched alkanes of at least 4 members (excludes halogenated alkanes) is 1. The minimum atomic E-state index is -0.837. The van der Waals surface area contributed by atoms with E-state index in [4.69, 9.17) is 10.6 Å². The Kier molecular flexibility index (Phi) is 12.5. The Labute approximate surface area is 205 Å². The second-order valence-corrected chi connectivity index (χ2v) is 9.29. The molecule has 1 rings (SSSR count). The molecule has 0 aliphatic carbocycles. The number of nitrogens with one attached hydrogen (secondary N) is 1. The van der Waals surface area contributed by atoms with Gasteiger partial charge in [0.2, 0.25) is 0 Å². The van der Waals surface area contributed by atoms with Crippen molar-refractivity contribution in [1.29, 1.82) is 0 Å². The van der Waals surface area contributed by atoms with Gasteiger partial charge in [-0.15, -0.1) is 0 Å². The molecule has 0 aromatic carbocycles. The smallest absolute Gasteiger partial charge is 0.314 e. The molecular formula is C27H45N3O4. The summed E-state index contributed by atoms with van der Waals surface area (Å²) < 4.78 is 5.12. The van der Waals surface area contributed by atoms with E-state index >= 15 is 0 Å². The number of ether oxygens (including phenoxy) is 1. The highest BCUT2D eigenvalue weighted by Gasteiger charge is 2.33. The molecule has 0 spiro atoms. The summed E-state index contributed by atoms with van der Waals surface area (Å²) in [5.41, 5.74) is 2.52. The Bertz CT molecular complexity index is 815. The van der Waals surface area contributed by atoms with Gasteiger partial charge >= 0.3 is 5.97 Å². The fourth-order valence-electron chi connectivity index (χ4n) is 4.49. The zero-order chi connectivity index (χ0) is 25.9. The van der Waals surface area contributed by atoms with Crippen molar-refractivity contribution in [1.82, 2.24) is 10.3 Å². The number of rotatable bonds is 15. The van der Waals surface area contributed by atoms with Crippen LogP contribution < -0.4 is 11.2 Å². The van der Waals surface area contributed by atoms with Gasteiger partial charge in [0.1, 0.15) is 0 Å². The minimum Gasteiger partial charge on any atom is -0.469 e. The van der Waals surface area contributed by atoms with Gasteiger partial charge in [0.05, 0.1) is 18.6 Å². The van der Waals surface area contributed by atoms with E-state index in [1.165, 1.54) is 14.0 Å². The number of nitrogens with zero attached hydrogens (tertiary/aromatic N) is 1. The second-order valence-electron chi connectivity index (χ2n) is 9.29. The van der Waals surface area contributed by atoms with Gasteiger partial charge in [0.15, 0.2) is 5.78 Å². The molecule has 1 aliphatic heterocycles. The minimum absolute atomic E-state index is 0.0333. The van der Waals surface area contributed by atoms with Crippen molar-refractivity contribution in [3.63, 3.8) is 0 Å². The van der Waals surface area contributed by atoms with E-state index in [1.54, 1.807) is 17.2 Å². The van der Waals surface area contributed by atoms with Crippen molar-refractivity contribution in [3.8, 4) is 0 Å². The lowest BCUT2D eigenvalue weighted by atomic mass is 9.89. The van der Waals surface area contributed by atoms with Crippen molar-refractivity contribution in [2.24, 2.45) is 11.8 Å². The first-order chi connectivity index (χ1) is 16.0. The largest absolute Gasteiger partial charge is 0.469 e. The van der Waals surface area contributed by atoms with Crippen molar-refractivity contribution >= 4 is 11.8 Å². The third-order valence-corrected chi connectivity index (χ3v) is 6.58. The molecule has 3 atom stereocenters. The summed E-state index contributed by atoms with van der Waals surface area (Å²) in [6.45, 7) is 14.4. The third kappa shape index (κ3) is 8.53. The number of hydrogen-bond acceptors (Lipinski definition) is 7. The summed E-state index contributed by atoms with van der Waals surface area (Å²) in [6.07, 6.45) is 9.49. The van der Waals surface area contributed by atoms with E-state index in [1.807, 2.05) is 26.8 Å². The Morgan fingerprint density at radius 3 is 2.56 bits per heavy atom. The van der Waals surface area contributed by atoms with Gasteiger partial charge in [-0.25, -0.2) is 5.01 Å². The van der Waals surface area contributed by atoms with Gasteiger partial charge in [-0.05, 0) is 63.7 Å². The van der Waals surface area contributed by atoms with Gasteiger partial charge in [0, 0.05) is 30.4 Å². The zero-order valence-electron chi connectivity index (χ0n) is 21.9. The molecule has 0 radical (unpaired) electrons. The van der Waals surface area contributed by atoms with E-state index in [9.17, 15) is 14.7 Å². The molecule has 192 valence electrons. The number of esters is 1. The van der Waals surface area contributed by atoms with Crippen LogP contribution in [0.25, 0.3) is 0 Å². The topological polar surface area (TPSA) is 105 Å². The fourth-order valence-corrected chi connectivity index (χ4v) is 4.49. The molecule has 0 saturated heterocycles. The van der Waals surface area contributed by atoms with Gasteiger partial charge < -0.3 is 15.2 Å². The monoisotopic (exact) mass is 475 g/mol. The molecule has 1 aliphatic rings. The predicted molar refractivity (Wildman–Crippen MR) is 138 cm³/mol. The lowest BCUT2D eigenvalue weighted by Gasteiger charge is -2.31. The zero-order valence-corrected chi connectivity index (χ0v) is 21.9. The number of methoxy groups -OCH3 is 1. The molecule has 7 nitrogen and oxygen atoms in total. The highest BCUT2D eigenvalue weighted by atomic mass is 16.5. The van der Waals surface area contributed by atoms with Crippen LogP contribution in [0.4, 0.5) is 0 Å². The highest BCUT2D eigenvalue weighted by molar-refractivity contribution is 5.96. The number of hydrogen-bond donors (Lipinski definition) is 3. The number of carbonyl (C=O) groups excluding carboxylic acids is 2. The quantitative estimate of drug-likeness (QED) is 0.0822. The molecule has 1 heterocycles. The van der Waals surface area contributed by atoms with Crippen LogP contribution in [0.15, 0.2) is 47.2 Å². The normalized spacial score (nSPS) is 20.3. The lowest BCUT2D eigenvalue weighted by molar-refractivity contribution is -0.144. The SMILES string of the molecule is C=C/C=C(\C=C1\C(C)=C(C(CCCC[C@@](O)(CC)CN(N)CCC)C(=O)OC)NC1C)C(C)=O. The average Bonchev–Trinajstić information content (AvgIpc) is 3.06. The Morgan fingerprint density at radius 1 is 1.35 bits per heavy atom. The van der Waals surface area contributed by atoms with Crippen LogP contribution in [0.3, 0.4) is 0 Å². The predicted octanol–water partition coefficient (Wildman–Crippen LogP) is 3.96. The molecule has 34 heavy (non-hydrogen) atoms. The summed E-state index contributed by atoms with van der Waals surface area (Å²) >= 11 is 0. The summed E-state index contributed by atoms with van der Waals surface area (Å²) in [5, 5.41) is 16.1. The fraction of sp³-hybridized carbons (Fsp3) is 0.630. The first kappa shape index (κ1) is 29.8. The van der Waals surface area contributed by atoms with E-state index in [0.29, 0.717) is 31.4 Å². The number of Topliss-reactive ketones (excluding diaryl/α,β-unsaturated/α-hetero) is 1. The van der Waals surface area contributed by atoms with E-state index < -0.39 is 11.5 Å². The first-order valence-electron chi connectivity index (χ1n) is 12.4. The molecule has 0 saturated carbocycles. The van der Waals surface area contributed by atoms with Crippen LogP contribution in [0.2, 0.25) is 0 Å². The van der Waals surface area contributed by atoms with Gasteiger partial charge in [0.25, 0.3) is 0 Å². The first-order valence-corrected chi connectivity index (χ1v) is 12.4. The number of allylic oxidation sites excluding steroid dienone is 4. The number of ketones is 1. The van der Waals surface area contributed by atoms with Crippen LogP contribution in [0, 0.1) is 5.92 Å². The maximum Gasteiger partial charge on any atom is 0.314 e. The Morgan fingerprint density at radius 2 is 2.03 bits per heavy atom. The lowest BCUT2D eigenvalue weighted by Crippen LogP contribution is -2.46. The van der Waals surface area contributed by atoms with Crippen LogP contribution in [0.1, 0.15) is 73.1 Å². The van der Waals surface area contributed by atoms with Crippen molar-refractivity contribution in [2.75, 3.05) is 20.2 Å². The summed E-state index contributed by atoms with van der Waals surface area (Å²) in [4.78, 5) is 24.7. The van der Waals surface area contributed by atoms with Crippen LogP contribution in [-0.4, -0.2) is 53.7 Å². The van der Waals surface area contributed by atoms with Gasteiger partial charge in [-0.1, -0.05) is 45.4 Å². The van der Waals surface area contributed by atoms with Crippen molar-refractivity contribution < 1.29 is 19.4 Å². The molecule has 2 unspecified atom stereocenters. The second kappa shape index (κ2) is 14.2. The number of carbonyl (C=O) groups is 2. The summed E-state index contributed by atoms with van der Waals surface area (Å²) in [7, 11) is 1.40. The summed E-state index contributed by atoms with van der Waals surface area (Å²) in [5.74, 6) is 5.26. The molecule has 4 N–H and O–H groups in total. The van der Waals surface area contributed by atoms with Gasteiger partial charge in [-0.2, -0.15) is 0 Å². The van der Waals surface area contributed by atoms with Gasteiger partial charge in [-0.3, -0.25) is 15.4 Å². The molecule has 0 bridgehead atoms. The van der Waals surface area contributed by atoms with E-state index in [-0.39, 0.29) is 17.8 Å². The molecule has 0 aromatic heterocycles. The Balaban J connectivity index is 2.99. The maximum absolute atomic E-state index is 12.7. The van der Waals surface area contributed by atoms with Crippen molar-refractivity contribution in [2.45, 2.75) is 84.8 Å². The van der Waals surface area contributed by atoms with Crippen molar-refractivity contribution in [3.05, 3.63) is 47.2 Å². The van der Waals surface area contributed by atoms with Crippen LogP contribution in [-0.2, 0) is 14.3 Å². The molecule has 0 amide bonds. The van der Waals surface area contributed by atoms with E-state index in [2.05, 4.69) is 18.8 Å².